The standard InChI is InChI=1S/C11H22N2O/c1-9(12)11(14)13-10-7-5-3-2-4-6-8-10/h9-10H,2-8,12H2,1H3,(H,13,14). The van der Waals surface area contributed by atoms with Crippen molar-refractivity contribution in [3.8, 4) is 0 Å². The molecule has 14 heavy (non-hydrogen) atoms. The third-order valence-corrected chi connectivity index (χ3v) is 2.87. The first kappa shape index (κ1) is 11.5. The van der Waals surface area contributed by atoms with Crippen molar-refractivity contribution in [1.29, 1.82) is 0 Å². The number of hydrogen-bond donors (Lipinski definition) is 2. The monoisotopic (exact) mass is 198 g/mol. The van der Waals surface area contributed by atoms with E-state index in [1.165, 1.54) is 32.1 Å². The van der Waals surface area contributed by atoms with Crippen LogP contribution in [0.4, 0.5) is 0 Å². The highest BCUT2D eigenvalue weighted by Gasteiger charge is 2.15. The lowest BCUT2D eigenvalue weighted by molar-refractivity contribution is -0.122. The zero-order chi connectivity index (χ0) is 10.4. The van der Waals surface area contributed by atoms with E-state index in [2.05, 4.69) is 5.32 Å². The Hall–Kier alpha value is -0.570. The summed E-state index contributed by atoms with van der Waals surface area (Å²) in [6.45, 7) is 1.73. The molecule has 3 heteroatoms. The molecule has 0 aromatic rings. The van der Waals surface area contributed by atoms with Gasteiger partial charge in [0.2, 0.25) is 5.91 Å². The van der Waals surface area contributed by atoms with Gasteiger partial charge in [-0.2, -0.15) is 0 Å². The van der Waals surface area contributed by atoms with Crippen molar-refractivity contribution < 1.29 is 4.79 Å². The maximum absolute atomic E-state index is 11.4. The van der Waals surface area contributed by atoms with E-state index in [1.807, 2.05) is 0 Å². The Balaban J connectivity index is 2.30. The van der Waals surface area contributed by atoms with Gasteiger partial charge in [-0.15, -0.1) is 0 Å². The van der Waals surface area contributed by atoms with Crippen LogP contribution in [0.3, 0.4) is 0 Å². The molecule has 0 saturated heterocycles. The highest BCUT2D eigenvalue weighted by atomic mass is 16.2. The lowest BCUT2D eigenvalue weighted by Crippen LogP contribution is -2.44. The van der Waals surface area contributed by atoms with E-state index in [9.17, 15) is 4.79 Å². The van der Waals surface area contributed by atoms with Gasteiger partial charge in [0.15, 0.2) is 0 Å². The summed E-state index contributed by atoms with van der Waals surface area (Å²) < 4.78 is 0. The first-order valence-electron chi connectivity index (χ1n) is 5.76. The van der Waals surface area contributed by atoms with E-state index in [1.54, 1.807) is 6.92 Å². The predicted octanol–water partition coefficient (Wildman–Crippen LogP) is 1.56. The summed E-state index contributed by atoms with van der Waals surface area (Å²) in [4.78, 5) is 11.4. The molecule has 0 heterocycles. The lowest BCUT2D eigenvalue weighted by atomic mass is 9.96. The fraction of sp³-hybridized carbons (Fsp3) is 0.909. The molecule has 1 unspecified atom stereocenters. The maximum atomic E-state index is 11.4. The average Bonchev–Trinajstić information content (AvgIpc) is 2.08. The fourth-order valence-corrected chi connectivity index (χ4v) is 1.93. The van der Waals surface area contributed by atoms with Gasteiger partial charge in [-0.3, -0.25) is 4.79 Å². The molecule has 0 spiro atoms. The van der Waals surface area contributed by atoms with Gasteiger partial charge in [-0.05, 0) is 19.8 Å². The summed E-state index contributed by atoms with van der Waals surface area (Å²) in [7, 11) is 0. The van der Waals surface area contributed by atoms with Crippen LogP contribution in [0, 0.1) is 0 Å². The number of carbonyl (C=O) groups excluding carboxylic acids is 1. The third-order valence-electron chi connectivity index (χ3n) is 2.87. The van der Waals surface area contributed by atoms with Gasteiger partial charge >= 0.3 is 0 Å². The zero-order valence-corrected chi connectivity index (χ0v) is 9.09. The highest BCUT2D eigenvalue weighted by molar-refractivity contribution is 5.81. The van der Waals surface area contributed by atoms with Crippen molar-refractivity contribution in [2.75, 3.05) is 0 Å². The van der Waals surface area contributed by atoms with Crippen LogP contribution >= 0.6 is 0 Å². The molecule has 1 fully saturated rings. The van der Waals surface area contributed by atoms with E-state index < -0.39 is 0 Å². The molecule has 1 rings (SSSR count). The summed E-state index contributed by atoms with van der Waals surface area (Å²) in [6.07, 6.45) is 8.70. The van der Waals surface area contributed by atoms with E-state index >= 15 is 0 Å². The minimum Gasteiger partial charge on any atom is -0.352 e. The molecule has 3 N–H and O–H groups in total. The quantitative estimate of drug-likeness (QED) is 0.707. The molecule has 82 valence electrons. The highest BCUT2D eigenvalue weighted by Crippen LogP contribution is 2.16. The van der Waals surface area contributed by atoms with Gasteiger partial charge in [-0.1, -0.05) is 32.1 Å². The van der Waals surface area contributed by atoms with Crippen molar-refractivity contribution >= 4 is 5.91 Å². The van der Waals surface area contributed by atoms with Crippen LogP contribution in [0.25, 0.3) is 0 Å². The predicted molar refractivity (Wildman–Crippen MR) is 57.9 cm³/mol. The maximum Gasteiger partial charge on any atom is 0.236 e. The summed E-state index contributed by atoms with van der Waals surface area (Å²) >= 11 is 0. The Bertz CT molecular complexity index is 172. The molecule has 0 bridgehead atoms. The molecule has 0 aromatic heterocycles. The SMILES string of the molecule is CC(N)C(=O)NC1CCCCCCC1. The topological polar surface area (TPSA) is 55.1 Å². The van der Waals surface area contributed by atoms with Gasteiger partial charge < -0.3 is 11.1 Å². The zero-order valence-electron chi connectivity index (χ0n) is 9.09. The van der Waals surface area contributed by atoms with Crippen molar-refractivity contribution in [1.82, 2.24) is 5.32 Å². The Morgan fingerprint density at radius 3 is 2.21 bits per heavy atom. The Morgan fingerprint density at radius 2 is 1.71 bits per heavy atom. The number of hydrogen-bond acceptors (Lipinski definition) is 2. The summed E-state index contributed by atoms with van der Waals surface area (Å²) in [5.74, 6) is -0.00410. The van der Waals surface area contributed by atoms with Crippen LogP contribution in [0.5, 0.6) is 0 Å². The largest absolute Gasteiger partial charge is 0.352 e. The van der Waals surface area contributed by atoms with Gasteiger partial charge in [0.1, 0.15) is 0 Å². The Labute approximate surface area is 86.4 Å². The van der Waals surface area contributed by atoms with Crippen LogP contribution in [0.2, 0.25) is 0 Å². The lowest BCUT2D eigenvalue weighted by Gasteiger charge is -2.21. The number of nitrogens with two attached hydrogens (primary N) is 1. The van der Waals surface area contributed by atoms with Gasteiger partial charge in [0.05, 0.1) is 6.04 Å². The Kier molecular flexibility index (Phi) is 4.94. The first-order valence-corrected chi connectivity index (χ1v) is 5.76. The minimum absolute atomic E-state index is 0.00410. The Morgan fingerprint density at radius 1 is 1.21 bits per heavy atom. The summed E-state index contributed by atoms with van der Waals surface area (Å²) in [5.41, 5.74) is 5.51. The normalized spacial score (nSPS) is 22.1. The molecular formula is C11H22N2O. The van der Waals surface area contributed by atoms with Crippen molar-refractivity contribution in [3.05, 3.63) is 0 Å². The van der Waals surface area contributed by atoms with E-state index in [4.69, 9.17) is 5.73 Å². The average molecular weight is 198 g/mol. The smallest absolute Gasteiger partial charge is 0.236 e. The van der Waals surface area contributed by atoms with Crippen molar-refractivity contribution in [3.63, 3.8) is 0 Å². The molecule has 0 aliphatic heterocycles. The second kappa shape index (κ2) is 6.02. The van der Waals surface area contributed by atoms with Crippen LogP contribution in [-0.2, 0) is 4.79 Å². The second-order valence-electron chi connectivity index (χ2n) is 4.34. The third kappa shape index (κ3) is 4.09. The molecule has 1 atom stereocenters. The van der Waals surface area contributed by atoms with E-state index in [-0.39, 0.29) is 11.9 Å². The van der Waals surface area contributed by atoms with Gasteiger partial charge in [-0.25, -0.2) is 0 Å². The van der Waals surface area contributed by atoms with Crippen molar-refractivity contribution in [2.24, 2.45) is 5.73 Å². The first-order chi connectivity index (χ1) is 6.70. The number of rotatable bonds is 2. The second-order valence-corrected chi connectivity index (χ2v) is 4.34. The number of amides is 1. The molecule has 1 amide bonds. The van der Waals surface area contributed by atoms with Gasteiger partial charge in [0, 0.05) is 6.04 Å². The van der Waals surface area contributed by atoms with E-state index in [0.29, 0.717) is 6.04 Å². The van der Waals surface area contributed by atoms with E-state index in [0.717, 1.165) is 12.8 Å². The molecule has 3 nitrogen and oxygen atoms in total. The number of carbonyl (C=O) groups is 1. The van der Waals surface area contributed by atoms with Crippen LogP contribution in [0.1, 0.15) is 51.9 Å². The molecular weight excluding hydrogens is 176 g/mol. The fourth-order valence-electron chi connectivity index (χ4n) is 1.93. The summed E-state index contributed by atoms with van der Waals surface area (Å²) in [5, 5.41) is 3.02. The minimum atomic E-state index is -0.375. The molecule has 0 radical (unpaired) electrons. The molecule has 1 aliphatic rings. The molecule has 0 aromatic carbocycles. The molecule has 1 saturated carbocycles. The summed E-state index contributed by atoms with van der Waals surface area (Å²) in [6, 6.07) is -0.00533. The van der Waals surface area contributed by atoms with Crippen LogP contribution in [0.15, 0.2) is 0 Å². The van der Waals surface area contributed by atoms with Crippen LogP contribution < -0.4 is 11.1 Å². The van der Waals surface area contributed by atoms with Crippen LogP contribution in [-0.4, -0.2) is 18.0 Å². The number of nitrogens with one attached hydrogen (secondary N) is 1. The molecule has 1 aliphatic carbocycles. The van der Waals surface area contributed by atoms with Gasteiger partial charge in [0.25, 0.3) is 0 Å². The van der Waals surface area contributed by atoms with Crippen molar-refractivity contribution in [2.45, 2.75) is 64.0 Å².